The normalized spacial score (nSPS) is 12.1. The van der Waals surface area contributed by atoms with E-state index >= 15 is 0 Å². The van der Waals surface area contributed by atoms with Gasteiger partial charge in [-0.2, -0.15) is 10.2 Å². The van der Waals surface area contributed by atoms with Gasteiger partial charge in [0, 0.05) is 6.26 Å². The lowest BCUT2D eigenvalue weighted by atomic mass is 10.0. The van der Waals surface area contributed by atoms with Gasteiger partial charge in [-0.1, -0.05) is 42.5 Å². The van der Waals surface area contributed by atoms with Gasteiger partial charge in [0.05, 0.1) is 33.7 Å². The second kappa shape index (κ2) is 10.00. The highest BCUT2D eigenvalue weighted by Gasteiger charge is 2.21. The first-order valence-corrected chi connectivity index (χ1v) is 13.8. The molecule has 0 bridgehead atoms. The molecule has 3 aromatic carbocycles. The molecule has 2 aromatic heterocycles. The number of anilines is 2. The maximum Gasteiger partial charge on any atom is 0.266 e. The number of nitrogen functional groups attached to an aromatic ring is 1. The molecule has 0 saturated carbocycles. The Bertz CT molecular complexity index is 1910. The Morgan fingerprint density at radius 1 is 1.00 bits per heavy atom. The molecule has 5 rings (SSSR count). The summed E-state index contributed by atoms with van der Waals surface area (Å²) >= 11 is 0. The smallest absolute Gasteiger partial charge is 0.266 e. The van der Waals surface area contributed by atoms with Gasteiger partial charge in [-0.05, 0) is 48.4 Å². The summed E-state index contributed by atoms with van der Waals surface area (Å²) in [5.74, 6) is 0.623. The number of sulfone groups is 1. The molecule has 0 unspecified atom stereocenters. The van der Waals surface area contributed by atoms with E-state index in [1.54, 1.807) is 49.4 Å². The zero-order chi connectivity index (χ0) is 27.7. The average molecular weight is 538 g/mol. The van der Waals surface area contributed by atoms with Crippen LogP contribution < -0.4 is 16.6 Å². The molecule has 0 radical (unpaired) electrons. The number of nitrogens with two attached hydrogens (primary N) is 1. The molecule has 0 saturated heterocycles. The summed E-state index contributed by atoms with van der Waals surface area (Å²) in [5, 5.41) is 13.0. The molecule has 5 aromatic rings. The molecule has 11 heteroatoms. The number of rotatable bonds is 6. The Morgan fingerprint density at radius 3 is 2.38 bits per heavy atom. The van der Waals surface area contributed by atoms with E-state index in [0.717, 1.165) is 6.26 Å². The minimum atomic E-state index is -3.37. The molecule has 3 N–H and O–H groups in total. The van der Waals surface area contributed by atoms with E-state index in [1.165, 1.54) is 22.9 Å². The zero-order valence-corrected chi connectivity index (χ0v) is 21.8. The quantitative estimate of drug-likeness (QED) is 0.328. The molecule has 0 aliphatic rings. The highest BCUT2D eigenvalue weighted by Crippen LogP contribution is 2.29. The van der Waals surface area contributed by atoms with Gasteiger partial charge in [-0.3, -0.25) is 9.36 Å². The Kier molecular flexibility index (Phi) is 6.55. The molecule has 194 valence electrons. The van der Waals surface area contributed by atoms with Crippen molar-refractivity contribution in [2.24, 2.45) is 0 Å². The van der Waals surface area contributed by atoms with Crippen LogP contribution in [0.25, 0.3) is 27.7 Å². The van der Waals surface area contributed by atoms with Crippen molar-refractivity contribution in [2.45, 2.75) is 17.9 Å². The molecular formula is C28H23N7O3S. The number of hydrogen-bond acceptors (Lipinski definition) is 9. The van der Waals surface area contributed by atoms with Crippen molar-refractivity contribution in [3.8, 4) is 22.9 Å². The molecule has 0 aliphatic heterocycles. The third-order valence-corrected chi connectivity index (χ3v) is 7.33. The van der Waals surface area contributed by atoms with Gasteiger partial charge < -0.3 is 11.1 Å². The molecule has 0 fully saturated rings. The van der Waals surface area contributed by atoms with Crippen molar-refractivity contribution in [2.75, 3.05) is 17.3 Å². The molecule has 0 spiro atoms. The Morgan fingerprint density at radius 2 is 1.72 bits per heavy atom. The van der Waals surface area contributed by atoms with Crippen molar-refractivity contribution in [3.63, 3.8) is 0 Å². The minimum Gasteiger partial charge on any atom is -0.368 e. The maximum atomic E-state index is 14.2. The summed E-state index contributed by atoms with van der Waals surface area (Å²) in [6.07, 6.45) is 2.48. The van der Waals surface area contributed by atoms with Crippen molar-refractivity contribution < 1.29 is 8.42 Å². The predicted molar refractivity (Wildman–Crippen MR) is 149 cm³/mol. The van der Waals surface area contributed by atoms with Crippen LogP contribution in [0.5, 0.6) is 0 Å². The number of para-hydroxylation sites is 1. The van der Waals surface area contributed by atoms with E-state index in [-0.39, 0.29) is 27.8 Å². The fourth-order valence-electron chi connectivity index (χ4n) is 4.34. The van der Waals surface area contributed by atoms with Gasteiger partial charge >= 0.3 is 0 Å². The lowest BCUT2D eigenvalue weighted by Gasteiger charge is -2.21. The summed E-state index contributed by atoms with van der Waals surface area (Å²) in [6.45, 7) is 1.81. The standard InChI is InChI=1S/C28H23N7O3S/c1-17(32-25-19(15-29)16-31-28(30)34-25)26-33-23-10-6-9-22(18-11-13-21(14-12-18)39(2,37)38)24(23)27(36)35(26)20-7-4-3-5-8-20/h3-14,16-17H,1-2H3,(H3,30,31,32,34)/t17-/m0/s1. The SMILES string of the molecule is C[C@H](Nc1nc(N)ncc1C#N)c1nc2cccc(-c3ccc(S(C)(=O)=O)cc3)c2c(=O)n1-c1ccccc1. The lowest BCUT2D eigenvalue weighted by Crippen LogP contribution is -2.28. The van der Waals surface area contributed by atoms with Gasteiger partial charge in [-0.25, -0.2) is 18.4 Å². The first kappa shape index (κ1) is 25.6. The van der Waals surface area contributed by atoms with Gasteiger partial charge in [0.25, 0.3) is 5.56 Å². The number of nitriles is 1. The lowest BCUT2D eigenvalue weighted by molar-refractivity contribution is 0.602. The van der Waals surface area contributed by atoms with Crippen LogP contribution in [0.15, 0.2) is 88.7 Å². The van der Waals surface area contributed by atoms with Crippen LogP contribution in [-0.4, -0.2) is 34.2 Å². The van der Waals surface area contributed by atoms with Gasteiger partial charge in [0.1, 0.15) is 23.3 Å². The Labute approximate surface area is 224 Å². The monoisotopic (exact) mass is 537 g/mol. The molecule has 0 aliphatic carbocycles. The van der Waals surface area contributed by atoms with Gasteiger partial charge in [-0.15, -0.1) is 0 Å². The van der Waals surface area contributed by atoms with E-state index in [0.29, 0.717) is 33.5 Å². The van der Waals surface area contributed by atoms with Crippen LogP contribution in [0.3, 0.4) is 0 Å². The first-order chi connectivity index (χ1) is 18.7. The van der Waals surface area contributed by atoms with Crippen LogP contribution in [-0.2, 0) is 9.84 Å². The van der Waals surface area contributed by atoms with Crippen molar-refractivity contribution in [1.29, 1.82) is 5.26 Å². The van der Waals surface area contributed by atoms with Gasteiger partial charge in [0.2, 0.25) is 5.95 Å². The summed E-state index contributed by atoms with van der Waals surface area (Å²) in [5.41, 5.74) is 8.01. The summed E-state index contributed by atoms with van der Waals surface area (Å²) in [7, 11) is -3.37. The molecular weight excluding hydrogens is 514 g/mol. The summed E-state index contributed by atoms with van der Waals surface area (Å²) < 4.78 is 25.4. The predicted octanol–water partition coefficient (Wildman–Crippen LogP) is 3.87. The summed E-state index contributed by atoms with van der Waals surface area (Å²) in [4.78, 5) is 27.3. The number of nitrogens with one attached hydrogen (secondary N) is 1. The molecule has 39 heavy (non-hydrogen) atoms. The highest BCUT2D eigenvalue weighted by molar-refractivity contribution is 7.90. The van der Waals surface area contributed by atoms with Crippen LogP contribution >= 0.6 is 0 Å². The fraction of sp³-hybridized carbons (Fsp3) is 0.107. The van der Waals surface area contributed by atoms with E-state index in [4.69, 9.17) is 10.7 Å². The second-order valence-corrected chi connectivity index (χ2v) is 10.9. The minimum absolute atomic E-state index is 0.00199. The fourth-order valence-corrected chi connectivity index (χ4v) is 4.97. The molecule has 0 amide bonds. The number of hydrogen-bond donors (Lipinski definition) is 2. The average Bonchev–Trinajstić information content (AvgIpc) is 2.93. The Hall–Kier alpha value is -5.08. The van der Waals surface area contributed by atoms with E-state index in [1.807, 2.05) is 24.3 Å². The number of aromatic nitrogens is 4. The summed E-state index contributed by atoms with van der Waals surface area (Å²) in [6, 6.07) is 22.3. The largest absolute Gasteiger partial charge is 0.368 e. The number of fused-ring (bicyclic) bond motifs is 1. The van der Waals surface area contributed by atoms with Crippen molar-refractivity contribution >= 4 is 32.5 Å². The van der Waals surface area contributed by atoms with E-state index < -0.39 is 15.9 Å². The van der Waals surface area contributed by atoms with E-state index in [9.17, 15) is 18.5 Å². The topological polar surface area (TPSA) is 157 Å². The third kappa shape index (κ3) is 4.93. The highest BCUT2D eigenvalue weighted by atomic mass is 32.2. The van der Waals surface area contributed by atoms with Crippen molar-refractivity contribution in [3.05, 3.63) is 101 Å². The van der Waals surface area contributed by atoms with Crippen LogP contribution in [0.4, 0.5) is 11.8 Å². The van der Waals surface area contributed by atoms with Crippen LogP contribution in [0, 0.1) is 11.3 Å². The van der Waals surface area contributed by atoms with Crippen LogP contribution in [0.1, 0.15) is 24.4 Å². The number of benzene rings is 3. The number of nitrogens with zero attached hydrogens (tertiary/aromatic N) is 5. The molecule has 10 nitrogen and oxygen atoms in total. The molecule has 1 atom stereocenters. The zero-order valence-electron chi connectivity index (χ0n) is 21.0. The molecule has 2 heterocycles. The van der Waals surface area contributed by atoms with Crippen LogP contribution in [0.2, 0.25) is 0 Å². The second-order valence-electron chi connectivity index (χ2n) is 8.91. The van der Waals surface area contributed by atoms with E-state index in [2.05, 4.69) is 15.3 Å². The first-order valence-electron chi connectivity index (χ1n) is 11.9. The Balaban J connectivity index is 1.72. The maximum absolute atomic E-state index is 14.2. The van der Waals surface area contributed by atoms with Gasteiger partial charge in [0.15, 0.2) is 9.84 Å². The third-order valence-electron chi connectivity index (χ3n) is 6.20. The van der Waals surface area contributed by atoms with Crippen molar-refractivity contribution in [1.82, 2.24) is 19.5 Å².